The molecule has 1 fully saturated rings. The molecule has 1 unspecified atom stereocenters. The van der Waals surface area contributed by atoms with Crippen LogP contribution in [-0.4, -0.2) is 41.8 Å². The molecule has 7 nitrogen and oxygen atoms in total. The molecule has 2 aromatic carbocycles. The van der Waals surface area contributed by atoms with Gasteiger partial charge in [0, 0.05) is 12.0 Å². The molecule has 2 aliphatic carbocycles. The molecule has 3 N–H and O–H groups in total. The molecule has 33 heavy (non-hydrogen) atoms. The third-order valence-corrected chi connectivity index (χ3v) is 6.52. The summed E-state index contributed by atoms with van der Waals surface area (Å²) in [5.74, 6) is -2.03. The van der Waals surface area contributed by atoms with Crippen molar-refractivity contribution >= 4 is 18.0 Å². The Morgan fingerprint density at radius 1 is 1.06 bits per heavy atom. The number of hydrogen-bond acceptors (Lipinski definition) is 4. The van der Waals surface area contributed by atoms with Gasteiger partial charge in [-0.25, -0.2) is 4.79 Å². The number of carbonyl (C=O) groups is 3. The topological polar surface area (TPSA) is 105 Å². The van der Waals surface area contributed by atoms with Crippen LogP contribution in [0.25, 0.3) is 11.1 Å². The van der Waals surface area contributed by atoms with E-state index in [1.807, 2.05) is 36.4 Å². The summed E-state index contributed by atoms with van der Waals surface area (Å²) in [7, 11) is 0. The highest BCUT2D eigenvalue weighted by Gasteiger charge is 2.35. The molecule has 4 rings (SSSR count). The Morgan fingerprint density at radius 3 is 2.30 bits per heavy atom. The minimum absolute atomic E-state index is 0.0790. The number of hydrogen-bond donors (Lipinski definition) is 3. The molecule has 0 saturated heterocycles. The Hall–Kier alpha value is -3.61. The fourth-order valence-electron chi connectivity index (χ4n) is 4.89. The minimum atomic E-state index is -0.914. The molecule has 172 valence electrons. The molecule has 0 spiro atoms. The normalized spacial score (nSPS) is 19.8. The summed E-state index contributed by atoms with van der Waals surface area (Å²) in [5, 5.41) is 14.7. The van der Waals surface area contributed by atoms with Gasteiger partial charge in [-0.2, -0.15) is 0 Å². The van der Waals surface area contributed by atoms with Gasteiger partial charge in [-0.05, 0) is 41.5 Å². The van der Waals surface area contributed by atoms with Crippen LogP contribution < -0.4 is 10.6 Å². The molecule has 0 radical (unpaired) electrons. The summed E-state index contributed by atoms with van der Waals surface area (Å²) in [6, 6.07) is 14.8. The number of alkyl carbamates (subject to hydrolysis) is 1. The number of carbonyl (C=O) groups excluding carboxylic acids is 2. The van der Waals surface area contributed by atoms with Crippen molar-refractivity contribution in [3.05, 3.63) is 72.3 Å². The highest BCUT2D eigenvalue weighted by Crippen LogP contribution is 2.44. The van der Waals surface area contributed by atoms with Crippen molar-refractivity contribution in [3.63, 3.8) is 0 Å². The minimum Gasteiger partial charge on any atom is -0.481 e. The average Bonchev–Trinajstić information content (AvgIpc) is 3.40. The molecule has 0 heterocycles. The second-order valence-corrected chi connectivity index (χ2v) is 8.54. The van der Waals surface area contributed by atoms with Crippen molar-refractivity contribution in [2.45, 2.75) is 43.7 Å². The predicted octanol–water partition coefficient (Wildman–Crippen LogP) is 3.84. The quantitative estimate of drug-likeness (QED) is 0.532. The molecule has 3 atom stereocenters. The second kappa shape index (κ2) is 9.90. The largest absolute Gasteiger partial charge is 0.481 e. The fourth-order valence-corrected chi connectivity index (χ4v) is 4.89. The molecule has 2 aromatic rings. The number of benzene rings is 2. The molecule has 0 bridgehead atoms. The Kier molecular flexibility index (Phi) is 6.77. The van der Waals surface area contributed by atoms with Crippen LogP contribution in [0, 0.1) is 5.92 Å². The van der Waals surface area contributed by atoms with Gasteiger partial charge in [-0.1, -0.05) is 61.0 Å². The van der Waals surface area contributed by atoms with Crippen LogP contribution in [0.15, 0.2) is 61.2 Å². The summed E-state index contributed by atoms with van der Waals surface area (Å²) >= 11 is 0. The van der Waals surface area contributed by atoms with Crippen LogP contribution in [0.3, 0.4) is 0 Å². The van der Waals surface area contributed by atoms with E-state index in [-0.39, 0.29) is 18.9 Å². The molecule has 0 aromatic heterocycles. The van der Waals surface area contributed by atoms with Crippen LogP contribution in [0.5, 0.6) is 0 Å². The van der Waals surface area contributed by atoms with Crippen molar-refractivity contribution in [1.29, 1.82) is 0 Å². The van der Waals surface area contributed by atoms with E-state index in [9.17, 15) is 19.5 Å². The average molecular weight is 449 g/mol. The van der Waals surface area contributed by atoms with E-state index in [0.29, 0.717) is 12.8 Å². The number of amides is 2. The molecular formula is C26H28N2O5. The van der Waals surface area contributed by atoms with Crippen molar-refractivity contribution in [2.75, 3.05) is 6.61 Å². The number of aliphatic carboxylic acids is 1. The van der Waals surface area contributed by atoms with E-state index in [4.69, 9.17) is 4.74 Å². The summed E-state index contributed by atoms with van der Waals surface area (Å²) in [4.78, 5) is 36.7. The SMILES string of the molecule is C=CCC(NC(=O)OCC1c2ccccc2-c2ccccc21)C(=O)N[C@H]1CCC[C@H]1C(=O)O. The Bertz CT molecular complexity index is 1020. The lowest BCUT2D eigenvalue weighted by Crippen LogP contribution is -2.51. The zero-order chi connectivity index (χ0) is 23.4. The first-order valence-electron chi connectivity index (χ1n) is 11.2. The van der Waals surface area contributed by atoms with Crippen molar-refractivity contribution in [1.82, 2.24) is 10.6 Å². The first-order chi connectivity index (χ1) is 16.0. The lowest BCUT2D eigenvalue weighted by Gasteiger charge is -2.22. The zero-order valence-corrected chi connectivity index (χ0v) is 18.3. The van der Waals surface area contributed by atoms with Gasteiger partial charge in [0.25, 0.3) is 0 Å². The molecule has 2 amide bonds. The molecule has 2 aliphatic rings. The third kappa shape index (κ3) is 4.77. The maximum atomic E-state index is 12.8. The van der Waals surface area contributed by atoms with E-state index < -0.39 is 36.0 Å². The Balaban J connectivity index is 1.38. The van der Waals surface area contributed by atoms with Crippen LogP contribution in [0.2, 0.25) is 0 Å². The van der Waals surface area contributed by atoms with Gasteiger partial charge in [-0.15, -0.1) is 6.58 Å². The van der Waals surface area contributed by atoms with Crippen molar-refractivity contribution in [3.8, 4) is 11.1 Å². The van der Waals surface area contributed by atoms with E-state index in [1.54, 1.807) is 0 Å². The smallest absolute Gasteiger partial charge is 0.407 e. The van der Waals surface area contributed by atoms with Crippen LogP contribution >= 0.6 is 0 Å². The Morgan fingerprint density at radius 2 is 1.70 bits per heavy atom. The Labute approximate surface area is 192 Å². The number of carboxylic acids is 1. The summed E-state index contributed by atoms with van der Waals surface area (Å²) in [6.07, 6.45) is 2.94. The predicted molar refractivity (Wildman–Crippen MR) is 124 cm³/mol. The van der Waals surface area contributed by atoms with Gasteiger partial charge < -0.3 is 20.5 Å². The van der Waals surface area contributed by atoms with Gasteiger partial charge in [-0.3, -0.25) is 9.59 Å². The maximum Gasteiger partial charge on any atom is 0.407 e. The molecular weight excluding hydrogens is 420 g/mol. The number of nitrogens with one attached hydrogen (secondary N) is 2. The second-order valence-electron chi connectivity index (χ2n) is 8.54. The van der Waals surface area contributed by atoms with Gasteiger partial charge >= 0.3 is 12.1 Å². The zero-order valence-electron chi connectivity index (χ0n) is 18.3. The number of carboxylic acid groups (broad SMARTS) is 1. The van der Waals surface area contributed by atoms with Crippen LogP contribution in [-0.2, 0) is 14.3 Å². The lowest BCUT2D eigenvalue weighted by atomic mass is 9.98. The number of fused-ring (bicyclic) bond motifs is 3. The van der Waals surface area contributed by atoms with Gasteiger partial charge in [0.1, 0.15) is 12.6 Å². The number of rotatable bonds is 8. The van der Waals surface area contributed by atoms with E-state index in [2.05, 4.69) is 29.3 Å². The molecule has 1 saturated carbocycles. The molecule has 0 aliphatic heterocycles. The van der Waals surface area contributed by atoms with E-state index >= 15 is 0 Å². The summed E-state index contributed by atoms with van der Waals surface area (Å²) in [5.41, 5.74) is 4.48. The fraction of sp³-hybridized carbons (Fsp3) is 0.346. The highest BCUT2D eigenvalue weighted by molar-refractivity contribution is 5.87. The van der Waals surface area contributed by atoms with Gasteiger partial charge in [0.05, 0.1) is 5.92 Å². The summed E-state index contributed by atoms with van der Waals surface area (Å²) < 4.78 is 5.54. The van der Waals surface area contributed by atoms with E-state index in [0.717, 1.165) is 28.7 Å². The summed E-state index contributed by atoms with van der Waals surface area (Å²) in [6.45, 7) is 3.80. The van der Waals surface area contributed by atoms with Gasteiger partial charge in [0.15, 0.2) is 0 Å². The van der Waals surface area contributed by atoms with Crippen LogP contribution in [0.4, 0.5) is 4.79 Å². The first kappa shape index (κ1) is 22.6. The van der Waals surface area contributed by atoms with Crippen LogP contribution in [0.1, 0.15) is 42.7 Å². The monoisotopic (exact) mass is 448 g/mol. The van der Waals surface area contributed by atoms with E-state index in [1.165, 1.54) is 6.08 Å². The lowest BCUT2D eigenvalue weighted by molar-refractivity contribution is -0.142. The van der Waals surface area contributed by atoms with Crippen molar-refractivity contribution < 1.29 is 24.2 Å². The van der Waals surface area contributed by atoms with Gasteiger partial charge in [0.2, 0.25) is 5.91 Å². The number of ether oxygens (including phenoxy) is 1. The third-order valence-electron chi connectivity index (χ3n) is 6.52. The van der Waals surface area contributed by atoms with Crippen molar-refractivity contribution in [2.24, 2.45) is 5.92 Å². The standard InChI is InChI=1S/C26H28N2O5/c1-2-8-23(24(29)27-22-14-7-13-20(22)25(30)31)28-26(32)33-15-21-18-11-5-3-9-16(18)17-10-4-6-12-19(17)21/h2-6,9-12,20-23H,1,7-8,13-15H2,(H,27,29)(H,28,32)(H,30,31)/t20-,22+,23?/m1/s1. The first-order valence-corrected chi connectivity index (χ1v) is 11.2. The molecule has 7 heteroatoms. The maximum absolute atomic E-state index is 12.8. The highest BCUT2D eigenvalue weighted by atomic mass is 16.5.